The Bertz CT molecular complexity index is 1170. The van der Waals surface area contributed by atoms with Crippen LogP contribution in [0.1, 0.15) is 22.3 Å². The molecule has 0 amide bonds. The molecule has 0 unspecified atom stereocenters. The molecular weight excluding hydrogens is 356 g/mol. The molecule has 0 saturated carbocycles. The second-order valence-corrected chi connectivity index (χ2v) is 7.56. The molecule has 0 atom stereocenters. The molecule has 0 radical (unpaired) electrons. The van der Waals surface area contributed by atoms with Crippen molar-refractivity contribution in [2.24, 2.45) is 0 Å². The van der Waals surface area contributed by atoms with Crippen molar-refractivity contribution in [3.63, 3.8) is 0 Å². The number of hydrogen-bond donors (Lipinski definition) is 2. The van der Waals surface area contributed by atoms with E-state index in [2.05, 4.69) is 60.7 Å². The second kappa shape index (κ2) is 7.32. The van der Waals surface area contributed by atoms with Crippen LogP contribution < -0.4 is 0 Å². The SMILES string of the molecule is OCc1ccc(-c2ccc3c(c2-c2ccc(CO)cc2)Cc2ccccc2-3)cc1. The van der Waals surface area contributed by atoms with E-state index in [9.17, 15) is 10.2 Å². The number of rotatable bonds is 4. The highest BCUT2D eigenvalue weighted by Crippen LogP contribution is 2.45. The van der Waals surface area contributed by atoms with Crippen molar-refractivity contribution in [2.75, 3.05) is 0 Å². The third kappa shape index (κ3) is 3.07. The molecule has 4 aromatic rings. The van der Waals surface area contributed by atoms with Gasteiger partial charge in [-0.1, -0.05) is 84.9 Å². The van der Waals surface area contributed by atoms with Crippen LogP contribution in [0, 0.1) is 0 Å². The number of aliphatic hydroxyl groups is 2. The van der Waals surface area contributed by atoms with Gasteiger partial charge < -0.3 is 10.2 Å². The maximum absolute atomic E-state index is 9.43. The van der Waals surface area contributed by atoms with E-state index in [1.807, 2.05) is 24.3 Å². The van der Waals surface area contributed by atoms with Gasteiger partial charge in [0.05, 0.1) is 13.2 Å². The van der Waals surface area contributed by atoms with E-state index in [0.29, 0.717) is 0 Å². The molecule has 0 aromatic heterocycles. The van der Waals surface area contributed by atoms with Gasteiger partial charge in [-0.3, -0.25) is 0 Å². The Hall–Kier alpha value is -3.20. The minimum absolute atomic E-state index is 0.0497. The summed E-state index contributed by atoms with van der Waals surface area (Å²) in [5, 5.41) is 18.8. The smallest absolute Gasteiger partial charge is 0.0681 e. The molecule has 2 heteroatoms. The first-order chi connectivity index (χ1) is 14.3. The molecule has 0 saturated heterocycles. The fraction of sp³-hybridized carbons (Fsp3) is 0.111. The van der Waals surface area contributed by atoms with Gasteiger partial charge in [0.15, 0.2) is 0 Å². The molecule has 0 aliphatic heterocycles. The van der Waals surface area contributed by atoms with E-state index in [-0.39, 0.29) is 13.2 Å². The van der Waals surface area contributed by atoms with Crippen molar-refractivity contribution in [1.29, 1.82) is 0 Å². The molecule has 142 valence electrons. The lowest BCUT2D eigenvalue weighted by Crippen LogP contribution is -1.94. The van der Waals surface area contributed by atoms with Crippen molar-refractivity contribution in [3.05, 3.63) is 107 Å². The van der Waals surface area contributed by atoms with Gasteiger partial charge >= 0.3 is 0 Å². The standard InChI is InChI=1S/C27H22O2/c28-16-18-5-9-20(10-6-18)24-13-14-25-23-4-2-1-3-22(23)15-26(25)27(24)21-11-7-19(17-29)8-12-21/h1-14,28-29H,15-17H2. The van der Waals surface area contributed by atoms with Crippen LogP contribution in [0.2, 0.25) is 0 Å². The summed E-state index contributed by atoms with van der Waals surface area (Å²) in [6.07, 6.45) is 0.922. The van der Waals surface area contributed by atoms with Gasteiger partial charge in [-0.15, -0.1) is 0 Å². The van der Waals surface area contributed by atoms with E-state index < -0.39 is 0 Å². The number of hydrogen-bond acceptors (Lipinski definition) is 2. The lowest BCUT2D eigenvalue weighted by atomic mass is 9.87. The van der Waals surface area contributed by atoms with Gasteiger partial charge in [0, 0.05) is 0 Å². The minimum Gasteiger partial charge on any atom is -0.392 e. The molecule has 0 fully saturated rings. The van der Waals surface area contributed by atoms with Gasteiger partial charge in [-0.05, 0) is 62.1 Å². The molecule has 0 spiro atoms. The average molecular weight is 378 g/mol. The van der Waals surface area contributed by atoms with Crippen molar-refractivity contribution >= 4 is 0 Å². The Morgan fingerprint density at radius 1 is 0.552 bits per heavy atom. The first-order valence-corrected chi connectivity index (χ1v) is 9.93. The lowest BCUT2D eigenvalue weighted by Gasteiger charge is -2.16. The highest BCUT2D eigenvalue weighted by atomic mass is 16.3. The predicted octanol–water partition coefficient (Wildman–Crippen LogP) is 5.58. The largest absolute Gasteiger partial charge is 0.392 e. The van der Waals surface area contributed by atoms with Crippen LogP contribution in [-0.2, 0) is 19.6 Å². The quantitative estimate of drug-likeness (QED) is 0.429. The molecule has 29 heavy (non-hydrogen) atoms. The first kappa shape index (κ1) is 17.9. The molecule has 0 heterocycles. The highest BCUT2D eigenvalue weighted by Gasteiger charge is 2.24. The summed E-state index contributed by atoms with van der Waals surface area (Å²) < 4.78 is 0. The Balaban J connectivity index is 1.73. The van der Waals surface area contributed by atoms with Crippen molar-refractivity contribution in [3.8, 4) is 33.4 Å². The van der Waals surface area contributed by atoms with Gasteiger partial charge in [0.25, 0.3) is 0 Å². The molecular formula is C27H22O2. The van der Waals surface area contributed by atoms with E-state index in [4.69, 9.17) is 0 Å². The van der Waals surface area contributed by atoms with Crippen LogP contribution in [0.4, 0.5) is 0 Å². The molecule has 2 N–H and O–H groups in total. The molecule has 1 aliphatic carbocycles. The van der Waals surface area contributed by atoms with E-state index in [1.54, 1.807) is 0 Å². The van der Waals surface area contributed by atoms with Crippen LogP contribution in [0.3, 0.4) is 0 Å². The third-order valence-corrected chi connectivity index (χ3v) is 5.86. The normalized spacial score (nSPS) is 11.9. The predicted molar refractivity (Wildman–Crippen MR) is 117 cm³/mol. The van der Waals surface area contributed by atoms with Gasteiger partial charge in [-0.2, -0.15) is 0 Å². The topological polar surface area (TPSA) is 40.5 Å². The van der Waals surface area contributed by atoms with Crippen molar-refractivity contribution in [1.82, 2.24) is 0 Å². The van der Waals surface area contributed by atoms with E-state index in [1.165, 1.54) is 33.4 Å². The summed E-state index contributed by atoms with van der Waals surface area (Å²) in [4.78, 5) is 0. The fourth-order valence-corrected chi connectivity index (χ4v) is 4.35. The molecule has 0 bridgehead atoms. The van der Waals surface area contributed by atoms with Crippen LogP contribution in [0.5, 0.6) is 0 Å². The lowest BCUT2D eigenvalue weighted by molar-refractivity contribution is 0.281. The number of benzene rings is 4. The van der Waals surface area contributed by atoms with Gasteiger partial charge in [0.1, 0.15) is 0 Å². The van der Waals surface area contributed by atoms with Crippen molar-refractivity contribution < 1.29 is 10.2 Å². The summed E-state index contributed by atoms with van der Waals surface area (Å²) in [7, 11) is 0. The van der Waals surface area contributed by atoms with Crippen LogP contribution in [0.25, 0.3) is 33.4 Å². The minimum atomic E-state index is 0.0497. The Labute approximate surface area is 170 Å². The second-order valence-electron chi connectivity index (χ2n) is 7.56. The highest BCUT2D eigenvalue weighted by molar-refractivity contribution is 5.93. The Kier molecular flexibility index (Phi) is 4.51. The Morgan fingerprint density at radius 2 is 1.14 bits per heavy atom. The summed E-state index contributed by atoms with van der Waals surface area (Å²) in [5.41, 5.74) is 11.9. The van der Waals surface area contributed by atoms with E-state index >= 15 is 0 Å². The zero-order valence-electron chi connectivity index (χ0n) is 16.1. The van der Waals surface area contributed by atoms with Crippen LogP contribution in [-0.4, -0.2) is 10.2 Å². The Morgan fingerprint density at radius 3 is 1.79 bits per heavy atom. The van der Waals surface area contributed by atoms with Gasteiger partial charge in [-0.25, -0.2) is 0 Å². The summed E-state index contributed by atoms with van der Waals surface area (Å²) in [5.74, 6) is 0. The van der Waals surface area contributed by atoms with Crippen LogP contribution >= 0.6 is 0 Å². The zero-order valence-corrected chi connectivity index (χ0v) is 16.1. The molecule has 4 aromatic carbocycles. The maximum Gasteiger partial charge on any atom is 0.0681 e. The number of fused-ring (bicyclic) bond motifs is 3. The van der Waals surface area contributed by atoms with Crippen molar-refractivity contribution in [2.45, 2.75) is 19.6 Å². The van der Waals surface area contributed by atoms with Crippen LogP contribution in [0.15, 0.2) is 84.9 Å². The summed E-state index contributed by atoms with van der Waals surface area (Å²) in [6.45, 7) is 0.101. The molecule has 2 nitrogen and oxygen atoms in total. The zero-order chi connectivity index (χ0) is 19.8. The first-order valence-electron chi connectivity index (χ1n) is 9.93. The molecule has 5 rings (SSSR count). The summed E-state index contributed by atoms with van der Waals surface area (Å²) >= 11 is 0. The van der Waals surface area contributed by atoms with E-state index in [0.717, 1.165) is 28.7 Å². The number of aliphatic hydroxyl groups excluding tert-OH is 2. The third-order valence-electron chi connectivity index (χ3n) is 5.86. The van der Waals surface area contributed by atoms with Gasteiger partial charge in [0.2, 0.25) is 0 Å². The molecule has 1 aliphatic rings. The average Bonchev–Trinajstić information content (AvgIpc) is 3.17. The summed E-state index contributed by atoms with van der Waals surface area (Å²) in [6, 6.07) is 29.4. The maximum atomic E-state index is 9.43. The fourth-order valence-electron chi connectivity index (χ4n) is 4.35. The monoisotopic (exact) mass is 378 g/mol.